The number of halogens is 2. The van der Waals surface area contributed by atoms with Crippen LogP contribution in [0.3, 0.4) is 0 Å². The molecular formula is C12H13ClFNS. The van der Waals surface area contributed by atoms with Crippen LogP contribution in [0.1, 0.15) is 22.7 Å². The lowest BCUT2D eigenvalue weighted by atomic mass is 9.98. The van der Waals surface area contributed by atoms with Gasteiger partial charge in [-0.3, -0.25) is 0 Å². The van der Waals surface area contributed by atoms with Crippen LogP contribution in [0, 0.1) is 12.7 Å². The van der Waals surface area contributed by atoms with E-state index in [-0.39, 0.29) is 24.3 Å². The van der Waals surface area contributed by atoms with E-state index in [9.17, 15) is 4.39 Å². The minimum Gasteiger partial charge on any atom is -0.320 e. The van der Waals surface area contributed by atoms with Crippen LogP contribution in [-0.4, -0.2) is 0 Å². The average molecular weight is 258 g/mol. The predicted molar refractivity (Wildman–Crippen MR) is 68.7 cm³/mol. The highest BCUT2D eigenvalue weighted by atomic mass is 35.5. The van der Waals surface area contributed by atoms with Crippen LogP contribution >= 0.6 is 23.7 Å². The van der Waals surface area contributed by atoms with E-state index in [1.807, 2.05) is 23.8 Å². The summed E-state index contributed by atoms with van der Waals surface area (Å²) >= 11 is 1.60. The third-order valence-electron chi connectivity index (χ3n) is 2.48. The average Bonchev–Trinajstić information content (AvgIpc) is 2.74. The predicted octanol–water partition coefficient (Wildman–Crippen LogP) is 3.67. The van der Waals surface area contributed by atoms with Crippen molar-refractivity contribution >= 4 is 23.7 Å². The lowest BCUT2D eigenvalue weighted by Gasteiger charge is -2.13. The second-order valence-electron chi connectivity index (χ2n) is 3.54. The summed E-state index contributed by atoms with van der Waals surface area (Å²) < 4.78 is 13.1. The van der Waals surface area contributed by atoms with E-state index in [2.05, 4.69) is 0 Å². The topological polar surface area (TPSA) is 26.0 Å². The number of aryl methyl sites for hydroxylation is 1. The molecule has 16 heavy (non-hydrogen) atoms. The maximum atomic E-state index is 13.1. The smallest absolute Gasteiger partial charge is 0.123 e. The molecule has 1 nitrogen and oxygen atoms in total. The van der Waals surface area contributed by atoms with Crippen molar-refractivity contribution in [2.24, 2.45) is 5.73 Å². The van der Waals surface area contributed by atoms with Crippen molar-refractivity contribution in [3.05, 3.63) is 57.5 Å². The highest BCUT2D eigenvalue weighted by molar-refractivity contribution is 7.08. The number of thiophene rings is 1. The monoisotopic (exact) mass is 257 g/mol. The summed E-state index contributed by atoms with van der Waals surface area (Å²) in [5.41, 5.74) is 8.98. The summed E-state index contributed by atoms with van der Waals surface area (Å²) in [5.74, 6) is -0.235. The van der Waals surface area contributed by atoms with Crippen molar-refractivity contribution in [2.45, 2.75) is 13.0 Å². The Morgan fingerprint density at radius 2 is 2.06 bits per heavy atom. The molecule has 1 atom stereocenters. The summed E-state index contributed by atoms with van der Waals surface area (Å²) in [4.78, 5) is 0. The van der Waals surface area contributed by atoms with Gasteiger partial charge in [-0.25, -0.2) is 4.39 Å². The zero-order valence-electron chi connectivity index (χ0n) is 8.81. The first kappa shape index (κ1) is 13.2. The molecule has 86 valence electrons. The molecule has 0 aliphatic heterocycles. The van der Waals surface area contributed by atoms with E-state index in [0.29, 0.717) is 0 Å². The van der Waals surface area contributed by atoms with Crippen LogP contribution in [-0.2, 0) is 0 Å². The summed E-state index contributed by atoms with van der Waals surface area (Å²) in [7, 11) is 0. The van der Waals surface area contributed by atoms with Gasteiger partial charge >= 0.3 is 0 Å². The lowest BCUT2D eigenvalue weighted by molar-refractivity contribution is 0.623. The molecule has 0 radical (unpaired) electrons. The lowest BCUT2D eigenvalue weighted by Crippen LogP contribution is -2.12. The maximum Gasteiger partial charge on any atom is 0.123 e. The molecular weight excluding hydrogens is 245 g/mol. The van der Waals surface area contributed by atoms with Crippen molar-refractivity contribution in [2.75, 3.05) is 0 Å². The second-order valence-corrected chi connectivity index (χ2v) is 4.32. The van der Waals surface area contributed by atoms with Gasteiger partial charge in [0, 0.05) is 0 Å². The van der Waals surface area contributed by atoms with Crippen LogP contribution in [0.25, 0.3) is 0 Å². The van der Waals surface area contributed by atoms with Crippen molar-refractivity contribution in [3.63, 3.8) is 0 Å². The Morgan fingerprint density at radius 3 is 2.69 bits per heavy atom. The van der Waals surface area contributed by atoms with Gasteiger partial charge in [0.1, 0.15) is 5.82 Å². The molecule has 0 bridgehead atoms. The van der Waals surface area contributed by atoms with E-state index in [0.717, 1.165) is 16.7 Å². The summed E-state index contributed by atoms with van der Waals surface area (Å²) in [6.45, 7) is 1.95. The summed E-state index contributed by atoms with van der Waals surface area (Å²) in [6, 6.07) is 6.47. The standard InChI is InChI=1S/C12H12FNS.ClH/c1-8-2-3-10(13)6-11(8)12(14)9-4-5-15-7-9;/h2-7,12H,14H2,1H3;1H/t12-;/m0./s1. The molecule has 0 spiro atoms. The normalized spacial score (nSPS) is 11.9. The fourth-order valence-electron chi connectivity index (χ4n) is 1.58. The first-order valence-electron chi connectivity index (χ1n) is 4.72. The summed E-state index contributed by atoms with van der Waals surface area (Å²) in [6.07, 6.45) is 0. The van der Waals surface area contributed by atoms with Gasteiger partial charge in [-0.05, 0) is 52.6 Å². The van der Waals surface area contributed by atoms with Gasteiger partial charge in [0.2, 0.25) is 0 Å². The fraction of sp³-hybridized carbons (Fsp3) is 0.167. The molecule has 0 aliphatic carbocycles. The van der Waals surface area contributed by atoms with Crippen LogP contribution in [0.5, 0.6) is 0 Å². The first-order valence-corrected chi connectivity index (χ1v) is 5.66. The largest absolute Gasteiger partial charge is 0.320 e. The Kier molecular flexibility index (Phi) is 4.47. The Labute approximate surface area is 105 Å². The Balaban J connectivity index is 0.00000128. The molecule has 0 amide bonds. The van der Waals surface area contributed by atoms with E-state index >= 15 is 0 Å². The second kappa shape index (κ2) is 5.43. The number of rotatable bonds is 2. The van der Waals surface area contributed by atoms with Gasteiger partial charge in [-0.2, -0.15) is 11.3 Å². The highest BCUT2D eigenvalue weighted by Gasteiger charge is 2.12. The van der Waals surface area contributed by atoms with Crippen molar-refractivity contribution < 1.29 is 4.39 Å². The van der Waals surface area contributed by atoms with Crippen molar-refractivity contribution in [1.82, 2.24) is 0 Å². The molecule has 0 fully saturated rings. The van der Waals surface area contributed by atoms with Gasteiger partial charge in [0.15, 0.2) is 0 Å². The van der Waals surface area contributed by atoms with Crippen LogP contribution in [0.2, 0.25) is 0 Å². The van der Waals surface area contributed by atoms with Gasteiger partial charge in [-0.15, -0.1) is 12.4 Å². The molecule has 0 saturated heterocycles. The first-order chi connectivity index (χ1) is 7.18. The van der Waals surface area contributed by atoms with Gasteiger partial charge in [-0.1, -0.05) is 6.07 Å². The zero-order valence-corrected chi connectivity index (χ0v) is 10.4. The third kappa shape index (κ3) is 2.61. The van der Waals surface area contributed by atoms with Gasteiger partial charge in [0.25, 0.3) is 0 Å². The molecule has 1 aromatic carbocycles. The molecule has 1 aromatic heterocycles. The molecule has 2 N–H and O–H groups in total. The fourth-order valence-corrected chi connectivity index (χ4v) is 2.27. The number of hydrogen-bond donors (Lipinski definition) is 1. The van der Waals surface area contributed by atoms with E-state index in [1.54, 1.807) is 17.4 Å². The van der Waals surface area contributed by atoms with E-state index in [1.165, 1.54) is 12.1 Å². The maximum absolute atomic E-state index is 13.1. The minimum atomic E-state index is -0.235. The quantitative estimate of drug-likeness (QED) is 0.873. The Bertz CT molecular complexity index is 456. The van der Waals surface area contributed by atoms with E-state index < -0.39 is 0 Å². The number of hydrogen-bond acceptors (Lipinski definition) is 2. The molecule has 2 aromatic rings. The molecule has 2 rings (SSSR count). The van der Waals surface area contributed by atoms with Crippen molar-refractivity contribution in [3.8, 4) is 0 Å². The van der Waals surface area contributed by atoms with Crippen LogP contribution in [0.15, 0.2) is 35.0 Å². The van der Waals surface area contributed by atoms with E-state index in [4.69, 9.17) is 5.73 Å². The number of nitrogens with two attached hydrogens (primary N) is 1. The SMILES string of the molecule is Cc1ccc(F)cc1[C@@H](N)c1ccsc1.Cl. The molecule has 4 heteroatoms. The molecule has 0 unspecified atom stereocenters. The molecule has 0 aliphatic rings. The third-order valence-corrected chi connectivity index (χ3v) is 3.18. The van der Waals surface area contributed by atoms with Crippen LogP contribution in [0.4, 0.5) is 4.39 Å². The Morgan fingerprint density at radius 1 is 1.31 bits per heavy atom. The van der Waals surface area contributed by atoms with Gasteiger partial charge in [0.05, 0.1) is 6.04 Å². The Hall–Kier alpha value is -0.900. The van der Waals surface area contributed by atoms with Crippen LogP contribution < -0.4 is 5.73 Å². The highest BCUT2D eigenvalue weighted by Crippen LogP contribution is 2.24. The number of benzene rings is 1. The molecule has 1 heterocycles. The minimum absolute atomic E-state index is 0. The zero-order chi connectivity index (χ0) is 10.8. The summed E-state index contributed by atoms with van der Waals surface area (Å²) in [5, 5.41) is 3.97. The van der Waals surface area contributed by atoms with Crippen molar-refractivity contribution in [1.29, 1.82) is 0 Å². The molecule has 0 saturated carbocycles. The van der Waals surface area contributed by atoms with Gasteiger partial charge < -0.3 is 5.73 Å².